The van der Waals surface area contributed by atoms with Crippen molar-refractivity contribution < 1.29 is 9.59 Å². The summed E-state index contributed by atoms with van der Waals surface area (Å²) < 4.78 is 0. The molecule has 6 heteroatoms. The Morgan fingerprint density at radius 1 is 1.50 bits per heavy atom. The van der Waals surface area contributed by atoms with Gasteiger partial charge < -0.3 is 11.1 Å². The molecule has 0 spiro atoms. The third kappa shape index (κ3) is 2.89. The minimum atomic E-state index is -0.763. The van der Waals surface area contributed by atoms with E-state index in [0.717, 1.165) is 5.75 Å². The van der Waals surface area contributed by atoms with Gasteiger partial charge >= 0.3 is 6.03 Å². The topological polar surface area (TPSA) is 75.4 Å². The quantitative estimate of drug-likeness (QED) is 0.687. The summed E-state index contributed by atoms with van der Waals surface area (Å²) in [6.45, 7) is 6.51. The predicted molar refractivity (Wildman–Crippen MR) is 65.3 cm³/mol. The van der Waals surface area contributed by atoms with Crippen LogP contribution in [0.25, 0.3) is 0 Å². The molecule has 1 unspecified atom stereocenters. The van der Waals surface area contributed by atoms with Crippen molar-refractivity contribution in [2.24, 2.45) is 5.73 Å². The Morgan fingerprint density at radius 2 is 2.12 bits per heavy atom. The summed E-state index contributed by atoms with van der Waals surface area (Å²) in [6, 6.07) is -0.295. The highest BCUT2D eigenvalue weighted by Crippen LogP contribution is 2.17. The highest BCUT2D eigenvalue weighted by Gasteiger charge is 2.43. The van der Waals surface area contributed by atoms with Crippen molar-refractivity contribution in [3.8, 4) is 0 Å². The van der Waals surface area contributed by atoms with Gasteiger partial charge in [-0.3, -0.25) is 9.69 Å². The molecule has 0 aromatic heterocycles. The van der Waals surface area contributed by atoms with Gasteiger partial charge in [-0.15, -0.1) is 0 Å². The standard InChI is InChI=1S/C10H19N3O2S/c1-7(6-11)16-5-4-13-8(14)10(2,3)12-9(13)15/h7H,4-6,11H2,1-3H3,(H,12,15). The van der Waals surface area contributed by atoms with Gasteiger partial charge in [-0.2, -0.15) is 11.8 Å². The van der Waals surface area contributed by atoms with Crippen LogP contribution in [0.5, 0.6) is 0 Å². The van der Waals surface area contributed by atoms with Crippen LogP contribution in [0.1, 0.15) is 20.8 Å². The van der Waals surface area contributed by atoms with E-state index in [1.165, 1.54) is 4.90 Å². The zero-order chi connectivity index (χ0) is 12.3. The van der Waals surface area contributed by atoms with Crippen LogP contribution >= 0.6 is 11.8 Å². The Labute approximate surface area is 100 Å². The van der Waals surface area contributed by atoms with E-state index in [1.54, 1.807) is 25.6 Å². The summed E-state index contributed by atoms with van der Waals surface area (Å²) in [4.78, 5) is 24.6. The highest BCUT2D eigenvalue weighted by molar-refractivity contribution is 7.99. The van der Waals surface area contributed by atoms with Crippen LogP contribution in [-0.4, -0.2) is 46.5 Å². The first kappa shape index (κ1) is 13.3. The fourth-order valence-electron chi connectivity index (χ4n) is 1.43. The van der Waals surface area contributed by atoms with Gasteiger partial charge in [0.15, 0.2) is 0 Å². The SMILES string of the molecule is CC(CN)SCCN1C(=O)NC(C)(C)C1=O. The van der Waals surface area contributed by atoms with E-state index in [1.807, 2.05) is 6.92 Å². The minimum Gasteiger partial charge on any atom is -0.329 e. The zero-order valence-corrected chi connectivity index (χ0v) is 10.8. The number of carbonyl (C=O) groups is 2. The molecule has 3 N–H and O–H groups in total. The van der Waals surface area contributed by atoms with Crippen molar-refractivity contribution in [1.29, 1.82) is 0 Å². The third-order valence-corrected chi connectivity index (χ3v) is 3.67. The normalized spacial score (nSPS) is 21.1. The Kier molecular flexibility index (Phi) is 4.21. The third-order valence-electron chi connectivity index (χ3n) is 2.49. The molecule has 0 radical (unpaired) electrons. The molecule has 1 rings (SSSR count). The van der Waals surface area contributed by atoms with Gasteiger partial charge in [0.2, 0.25) is 0 Å². The van der Waals surface area contributed by atoms with Gasteiger partial charge in [0.1, 0.15) is 5.54 Å². The van der Waals surface area contributed by atoms with Gasteiger partial charge in [0.05, 0.1) is 0 Å². The molecule has 1 heterocycles. The number of hydrogen-bond donors (Lipinski definition) is 2. The van der Waals surface area contributed by atoms with E-state index in [4.69, 9.17) is 5.73 Å². The Morgan fingerprint density at radius 3 is 2.56 bits per heavy atom. The zero-order valence-electron chi connectivity index (χ0n) is 9.95. The number of nitrogens with zero attached hydrogens (tertiary/aromatic N) is 1. The summed E-state index contributed by atoms with van der Waals surface area (Å²) in [5.74, 6) is 0.576. The van der Waals surface area contributed by atoms with Crippen LogP contribution in [0.15, 0.2) is 0 Å². The second-order valence-corrected chi connectivity index (χ2v) is 5.98. The lowest BCUT2D eigenvalue weighted by molar-refractivity contribution is -0.130. The van der Waals surface area contributed by atoms with Crippen molar-refractivity contribution in [3.63, 3.8) is 0 Å². The molecule has 16 heavy (non-hydrogen) atoms. The molecule has 1 aliphatic heterocycles. The fourth-order valence-corrected chi connectivity index (χ4v) is 2.26. The van der Waals surface area contributed by atoms with Crippen molar-refractivity contribution >= 4 is 23.7 Å². The lowest BCUT2D eigenvalue weighted by Crippen LogP contribution is -2.40. The van der Waals surface area contributed by atoms with Crippen LogP contribution in [0.3, 0.4) is 0 Å². The number of imide groups is 1. The second kappa shape index (κ2) is 5.05. The number of amides is 3. The lowest BCUT2D eigenvalue weighted by atomic mass is 10.1. The van der Waals surface area contributed by atoms with Crippen LogP contribution in [0, 0.1) is 0 Å². The van der Waals surface area contributed by atoms with Crippen LogP contribution in [0.4, 0.5) is 4.79 Å². The van der Waals surface area contributed by atoms with Gasteiger partial charge in [0, 0.05) is 24.1 Å². The average molecular weight is 245 g/mol. The number of nitrogens with one attached hydrogen (secondary N) is 1. The van der Waals surface area contributed by atoms with Crippen LogP contribution < -0.4 is 11.1 Å². The Balaban J connectivity index is 2.44. The molecule has 3 amide bonds. The summed E-state index contributed by atoms with van der Waals surface area (Å²) in [7, 11) is 0. The van der Waals surface area contributed by atoms with Gasteiger partial charge in [-0.25, -0.2) is 4.79 Å². The van der Waals surface area contributed by atoms with E-state index < -0.39 is 5.54 Å². The Hall–Kier alpha value is -0.750. The lowest BCUT2D eigenvalue weighted by Gasteiger charge is -2.16. The molecule has 1 aliphatic rings. The van der Waals surface area contributed by atoms with E-state index in [2.05, 4.69) is 5.32 Å². The van der Waals surface area contributed by atoms with E-state index in [-0.39, 0.29) is 11.9 Å². The second-order valence-electron chi connectivity index (χ2n) is 4.43. The minimum absolute atomic E-state index is 0.154. The maximum Gasteiger partial charge on any atom is 0.325 e. The first-order valence-electron chi connectivity index (χ1n) is 5.34. The number of carbonyl (C=O) groups excluding carboxylic acids is 2. The number of rotatable bonds is 5. The van der Waals surface area contributed by atoms with Gasteiger partial charge in [0.25, 0.3) is 5.91 Å². The molecular formula is C10H19N3O2S. The Bertz CT molecular complexity index is 294. The maximum atomic E-state index is 11.8. The number of hydrogen-bond acceptors (Lipinski definition) is 4. The fraction of sp³-hybridized carbons (Fsp3) is 0.800. The van der Waals surface area contributed by atoms with E-state index in [9.17, 15) is 9.59 Å². The number of nitrogens with two attached hydrogens (primary N) is 1. The smallest absolute Gasteiger partial charge is 0.325 e. The molecule has 0 aliphatic carbocycles. The first-order valence-corrected chi connectivity index (χ1v) is 6.39. The van der Waals surface area contributed by atoms with Crippen molar-refractivity contribution in [3.05, 3.63) is 0 Å². The molecular weight excluding hydrogens is 226 g/mol. The van der Waals surface area contributed by atoms with Crippen LogP contribution in [0.2, 0.25) is 0 Å². The summed E-state index contributed by atoms with van der Waals surface area (Å²) >= 11 is 1.67. The van der Waals surface area contributed by atoms with Gasteiger partial charge in [-0.05, 0) is 13.8 Å². The maximum absolute atomic E-state index is 11.8. The van der Waals surface area contributed by atoms with Crippen molar-refractivity contribution in [2.75, 3.05) is 18.8 Å². The van der Waals surface area contributed by atoms with Crippen molar-refractivity contribution in [2.45, 2.75) is 31.6 Å². The summed E-state index contributed by atoms with van der Waals surface area (Å²) in [5.41, 5.74) is 4.72. The van der Waals surface area contributed by atoms with Crippen LogP contribution in [-0.2, 0) is 4.79 Å². The monoisotopic (exact) mass is 245 g/mol. The summed E-state index contributed by atoms with van der Waals surface area (Å²) in [6.07, 6.45) is 0. The number of urea groups is 1. The molecule has 1 fully saturated rings. The van der Waals surface area contributed by atoms with E-state index in [0.29, 0.717) is 18.3 Å². The number of thioether (sulfide) groups is 1. The predicted octanol–water partition coefficient (Wildman–Crippen LogP) is 0.397. The molecule has 1 atom stereocenters. The largest absolute Gasteiger partial charge is 0.329 e. The average Bonchev–Trinajstić information content (AvgIpc) is 2.39. The van der Waals surface area contributed by atoms with E-state index >= 15 is 0 Å². The molecule has 1 saturated heterocycles. The molecule has 0 aromatic carbocycles. The first-order chi connectivity index (χ1) is 7.38. The van der Waals surface area contributed by atoms with Crippen molar-refractivity contribution in [1.82, 2.24) is 10.2 Å². The van der Waals surface area contributed by atoms with Gasteiger partial charge in [-0.1, -0.05) is 6.92 Å². The molecule has 0 saturated carbocycles. The molecule has 0 aromatic rings. The molecule has 0 bridgehead atoms. The molecule has 92 valence electrons. The molecule has 5 nitrogen and oxygen atoms in total. The summed E-state index contributed by atoms with van der Waals surface area (Å²) in [5, 5.41) is 3.00. The highest BCUT2D eigenvalue weighted by atomic mass is 32.2.